The predicted octanol–water partition coefficient (Wildman–Crippen LogP) is -0.637. The van der Waals surface area contributed by atoms with Crippen LogP contribution in [-0.2, 0) is 4.79 Å². The van der Waals surface area contributed by atoms with Crippen LogP contribution in [-0.4, -0.2) is 23.7 Å². The highest BCUT2D eigenvalue weighted by Crippen LogP contribution is 1.73. The Hall–Kier alpha value is -1.30. The summed E-state index contributed by atoms with van der Waals surface area (Å²) in [5.41, 5.74) is 1.34. The molecule has 0 rings (SSSR count). The molecular weight excluding hydrogens is 162 g/mol. The van der Waals surface area contributed by atoms with Gasteiger partial charge in [0.1, 0.15) is 6.54 Å². The first-order valence-electron chi connectivity index (χ1n) is 3.52. The van der Waals surface area contributed by atoms with Crippen LogP contribution in [0, 0.1) is 6.54 Å². The Morgan fingerprint density at radius 2 is 2.17 bits per heavy atom. The summed E-state index contributed by atoms with van der Waals surface area (Å²) in [4.78, 5) is 21.0. The molecule has 0 unspecified atom stereocenters. The minimum absolute atomic E-state index is 0.472. The van der Waals surface area contributed by atoms with E-state index in [9.17, 15) is 9.59 Å². The number of urea groups is 1. The maximum atomic E-state index is 10.7. The number of hydroxylamine groups is 1. The third-order valence-corrected chi connectivity index (χ3v) is 0.980. The number of carbonyl (C=O) groups excluding carboxylic acids is 2. The molecule has 1 radical (unpaired) electrons. The van der Waals surface area contributed by atoms with Crippen LogP contribution in [0.2, 0.25) is 0 Å². The number of carbonyl (C=O) groups is 2. The van der Waals surface area contributed by atoms with Crippen LogP contribution < -0.4 is 16.1 Å². The van der Waals surface area contributed by atoms with Crippen LogP contribution in [0.25, 0.3) is 0 Å². The molecule has 0 atom stereocenters. The molecular formula is C6H12N3O3. The average molecular weight is 174 g/mol. The smallest absolute Gasteiger partial charge is 0.315 e. The number of hydrogen-bond donors (Lipinski definition) is 4. The molecule has 0 fully saturated rings. The topological polar surface area (TPSA) is 90.5 Å². The maximum Gasteiger partial charge on any atom is 0.315 e. The van der Waals surface area contributed by atoms with Crippen molar-refractivity contribution in [2.75, 3.05) is 6.54 Å². The Kier molecular flexibility index (Phi) is 5.72. The Morgan fingerprint density at radius 3 is 2.67 bits per heavy atom. The largest absolute Gasteiger partial charge is 0.338 e. The van der Waals surface area contributed by atoms with Crippen molar-refractivity contribution >= 4 is 11.9 Å². The van der Waals surface area contributed by atoms with Gasteiger partial charge in [-0.05, 0) is 6.42 Å². The van der Waals surface area contributed by atoms with Gasteiger partial charge in [-0.1, -0.05) is 6.92 Å². The number of rotatable bonds is 4. The SMILES string of the molecule is CCCNC(=O)N[CH]C(=O)NO. The lowest BCUT2D eigenvalue weighted by Gasteiger charge is -2.03. The van der Waals surface area contributed by atoms with Crippen LogP contribution >= 0.6 is 0 Å². The second-order valence-electron chi connectivity index (χ2n) is 2.02. The molecule has 3 amide bonds. The third-order valence-electron chi connectivity index (χ3n) is 0.980. The van der Waals surface area contributed by atoms with Gasteiger partial charge in [0.15, 0.2) is 0 Å². The van der Waals surface area contributed by atoms with Crippen molar-refractivity contribution in [3.05, 3.63) is 6.54 Å². The van der Waals surface area contributed by atoms with Crippen LogP contribution in [0.5, 0.6) is 0 Å². The molecule has 0 saturated heterocycles. The van der Waals surface area contributed by atoms with E-state index in [-0.39, 0.29) is 0 Å². The molecule has 0 aliphatic carbocycles. The minimum Gasteiger partial charge on any atom is -0.338 e. The van der Waals surface area contributed by atoms with Crippen molar-refractivity contribution in [3.63, 3.8) is 0 Å². The Bertz CT molecular complexity index is 160. The Labute approximate surface area is 70.3 Å². The highest BCUT2D eigenvalue weighted by atomic mass is 16.5. The predicted molar refractivity (Wildman–Crippen MR) is 41.1 cm³/mol. The zero-order valence-corrected chi connectivity index (χ0v) is 6.76. The van der Waals surface area contributed by atoms with Gasteiger partial charge < -0.3 is 10.6 Å². The molecule has 0 heterocycles. The van der Waals surface area contributed by atoms with Crippen LogP contribution in [0.4, 0.5) is 4.79 Å². The van der Waals surface area contributed by atoms with Crippen molar-refractivity contribution in [2.45, 2.75) is 13.3 Å². The lowest BCUT2D eigenvalue weighted by molar-refractivity contribution is -0.125. The van der Waals surface area contributed by atoms with Gasteiger partial charge in [-0.15, -0.1) is 0 Å². The Morgan fingerprint density at radius 1 is 1.50 bits per heavy atom. The first-order valence-corrected chi connectivity index (χ1v) is 3.52. The van der Waals surface area contributed by atoms with Crippen molar-refractivity contribution < 1.29 is 14.8 Å². The Balaban J connectivity index is 3.37. The van der Waals surface area contributed by atoms with Crippen molar-refractivity contribution in [2.24, 2.45) is 0 Å². The van der Waals surface area contributed by atoms with E-state index in [1.165, 1.54) is 5.48 Å². The van der Waals surface area contributed by atoms with E-state index >= 15 is 0 Å². The second-order valence-corrected chi connectivity index (χ2v) is 2.02. The van der Waals surface area contributed by atoms with Gasteiger partial charge in [0.2, 0.25) is 0 Å². The summed E-state index contributed by atoms with van der Waals surface area (Å²) in [6.45, 7) is 3.27. The fourth-order valence-corrected chi connectivity index (χ4v) is 0.453. The van der Waals surface area contributed by atoms with Gasteiger partial charge in [-0.3, -0.25) is 10.0 Å². The minimum atomic E-state index is -0.776. The summed E-state index contributed by atoms with van der Waals surface area (Å²) in [7, 11) is 0. The van der Waals surface area contributed by atoms with Gasteiger partial charge in [-0.25, -0.2) is 10.3 Å². The molecule has 0 aliphatic heterocycles. The fourth-order valence-electron chi connectivity index (χ4n) is 0.453. The van der Waals surface area contributed by atoms with E-state index < -0.39 is 11.9 Å². The number of amides is 3. The van der Waals surface area contributed by atoms with Crippen LogP contribution in [0.1, 0.15) is 13.3 Å². The lowest BCUT2D eigenvalue weighted by Crippen LogP contribution is -2.38. The van der Waals surface area contributed by atoms with Crippen molar-refractivity contribution in [1.29, 1.82) is 0 Å². The van der Waals surface area contributed by atoms with Gasteiger partial charge in [0, 0.05) is 6.54 Å². The van der Waals surface area contributed by atoms with Crippen LogP contribution in [0.3, 0.4) is 0 Å². The molecule has 0 aromatic rings. The van der Waals surface area contributed by atoms with Gasteiger partial charge in [0.25, 0.3) is 5.91 Å². The number of hydrogen-bond acceptors (Lipinski definition) is 3. The van der Waals surface area contributed by atoms with Gasteiger partial charge in [-0.2, -0.15) is 0 Å². The molecule has 0 spiro atoms. The molecule has 0 bridgehead atoms. The zero-order valence-electron chi connectivity index (χ0n) is 6.76. The highest BCUT2D eigenvalue weighted by Gasteiger charge is 2.02. The molecule has 6 nitrogen and oxygen atoms in total. The van der Waals surface area contributed by atoms with E-state index in [1.807, 2.05) is 6.92 Å². The molecule has 0 aliphatic rings. The molecule has 69 valence electrons. The monoisotopic (exact) mass is 174 g/mol. The molecule has 12 heavy (non-hydrogen) atoms. The molecule has 0 saturated carbocycles. The van der Waals surface area contributed by atoms with E-state index in [1.54, 1.807) is 0 Å². The number of nitrogens with one attached hydrogen (secondary N) is 3. The lowest BCUT2D eigenvalue weighted by atomic mass is 10.5. The summed E-state index contributed by atoms with van der Waals surface area (Å²) in [5, 5.41) is 12.6. The molecule has 0 aromatic carbocycles. The maximum absolute atomic E-state index is 10.7. The average Bonchev–Trinajstić information content (AvgIpc) is 2.10. The quantitative estimate of drug-likeness (QED) is 0.337. The summed E-state index contributed by atoms with van der Waals surface area (Å²) < 4.78 is 0. The second kappa shape index (κ2) is 6.41. The molecule has 4 N–H and O–H groups in total. The van der Waals surface area contributed by atoms with Crippen molar-refractivity contribution in [3.8, 4) is 0 Å². The highest BCUT2D eigenvalue weighted by molar-refractivity contribution is 5.88. The van der Waals surface area contributed by atoms with Crippen molar-refractivity contribution in [1.82, 2.24) is 16.1 Å². The van der Waals surface area contributed by atoms with E-state index in [2.05, 4.69) is 10.6 Å². The normalized spacial score (nSPS) is 8.83. The van der Waals surface area contributed by atoms with Gasteiger partial charge >= 0.3 is 6.03 Å². The fraction of sp³-hybridized carbons (Fsp3) is 0.500. The van der Waals surface area contributed by atoms with Gasteiger partial charge in [0.05, 0.1) is 0 Å². The molecule has 0 aromatic heterocycles. The summed E-state index contributed by atoms with van der Waals surface area (Å²) >= 11 is 0. The standard InChI is InChI=1S/C6H12N3O3/c1-2-3-7-6(11)8-4-5(10)9-12/h4,12H,2-3H2,1H3,(H,9,10)(H2,7,8,11). The van der Waals surface area contributed by atoms with Crippen LogP contribution in [0.15, 0.2) is 0 Å². The van der Waals surface area contributed by atoms with E-state index in [4.69, 9.17) is 5.21 Å². The van der Waals surface area contributed by atoms with E-state index in [0.29, 0.717) is 6.54 Å². The first kappa shape index (κ1) is 10.7. The zero-order chi connectivity index (χ0) is 9.40. The van der Waals surface area contributed by atoms with E-state index in [0.717, 1.165) is 13.0 Å². The first-order chi connectivity index (χ1) is 5.70. The summed E-state index contributed by atoms with van der Waals surface area (Å²) in [5.74, 6) is -0.776. The molecule has 6 heteroatoms. The third kappa shape index (κ3) is 5.48. The summed E-state index contributed by atoms with van der Waals surface area (Å²) in [6, 6.07) is -0.472. The summed E-state index contributed by atoms with van der Waals surface area (Å²) in [6.07, 6.45) is 0.819.